The highest BCUT2D eigenvalue weighted by Crippen LogP contribution is 2.27. The van der Waals surface area contributed by atoms with Crippen LogP contribution in [0, 0.1) is 11.3 Å². The zero-order valence-electron chi connectivity index (χ0n) is 22.0. The molecule has 5 N–H and O–H groups in total. The fourth-order valence-corrected chi connectivity index (χ4v) is 4.81. The highest BCUT2D eigenvalue weighted by molar-refractivity contribution is 5.85. The van der Waals surface area contributed by atoms with Gasteiger partial charge in [0.2, 0.25) is 5.95 Å². The van der Waals surface area contributed by atoms with Crippen LogP contribution in [0.1, 0.15) is 43.6 Å². The topological polar surface area (TPSA) is 178 Å². The summed E-state index contributed by atoms with van der Waals surface area (Å²) >= 11 is 0. The van der Waals surface area contributed by atoms with E-state index < -0.39 is 6.04 Å². The monoisotopic (exact) mass is 539 g/mol. The Bertz CT molecular complexity index is 1660. The average molecular weight is 540 g/mol. The van der Waals surface area contributed by atoms with Crippen LogP contribution < -0.4 is 27.1 Å². The fourth-order valence-electron chi connectivity index (χ4n) is 4.81. The number of amides is 1. The molecule has 1 aliphatic heterocycles. The summed E-state index contributed by atoms with van der Waals surface area (Å²) in [5.41, 5.74) is 12.3. The van der Waals surface area contributed by atoms with Gasteiger partial charge in [0.05, 0.1) is 17.2 Å². The number of rotatable bonds is 7. The summed E-state index contributed by atoms with van der Waals surface area (Å²) in [6, 6.07) is 15.5. The number of likely N-dealkylation sites (tertiary alicyclic amines) is 1. The highest BCUT2D eigenvalue weighted by Gasteiger charge is 2.23. The maximum Gasteiger partial charge on any atom is 0.269 e. The van der Waals surface area contributed by atoms with Crippen LogP contribution in [-0.4, -0.2) is 50.0 Å². The van der Waals surface area contributed by atoms with Crippen molar-refractivity contribution in [3.63, 3.8) is 0 Å². The van der Waals surface area contributed by atoms with Gasteiger partial charge in [-0.3, -0.25) is 14.2 Å². The van der Waals surface area contributed by atoms with Crippen molar-refractivity contribution in [2.75, 3.05) is 36.5 Å². The molecular formula is C28H29N9O3. The van der Waals surface area contributed by atoms with Gasteiger partial charge in [-0.2, -0.15) is 15.2 Å². The molecule has 0 radical (unpaired) electrons. The molecule has 2 aromatic heterocycles. The third kappa shape index (κ3) is 5.22. The van der Waals surface area contributed by atoms with E-state index in [-0.39, 0.29) is 52.4 Å². The number of nitriles is 1. The molecule has 0 unspecified atom stereocenters. The van der Waals surface area contributed by atoms with Gasteiger partial charge in [0.1, 0.15) is 34.4 Å². The third-order valence-corrected chi connectivity index (χ3v) is 6.77. The van der Waals surface area contributed by atoms with Gasteiger partial charge in [-0.1, -0.05) is 24.3 Å². The number of piperidine rings is 1. The van der Waals surface area contributed by atoms with Gasteiger partial charge in [-0.15, -0.1) is 0 Å². The number of aromatic nitrogens is 4. The molecule has 1 saturated heterocycles. The van der Waals surface area contributed by atoms with Gasteiger partial charge in [0.25, 0.3) is 11.5 Å². The minimum Gasteiger partial charge on any atom is -0.483 e. The SMILES string of the molecule is C[C@H](Nc1nc(N)nc(N)c1C#N)c1nc2cccc(OCC(=O)N3CCCCC3)c2c(=O)n1-c1ccccc1. The Morgan fingerprint density at radius 3 is 2.55 bits per heavy atom. The number of nitrogen functional groups attached to an aromatic ring is 2. The smallest absolute Gasteiger partial charge is 0.269 e. The van der Waals surface area contributed by atoms with E-state index in [0.29, 0.717) is 30.1 Å². The second-order valence-corrected chi connectivity index (χ2v) is 9.49. The molecule has 12 nitrogen and oxygen atoms in total. The van der Waals surface area contributed by atoms with Crippen LogP contribution in [0.25, 0.3) is 16.6 Å². The number of hydrogen-bond donors (Lipinski definition) is 3. The number of para-hydroxylation sites is 1. The standard InChI is InChI=1S/C28H29N9O3/c1-17(32-25-19(15-29)24(30)34-28(31)35-25)26-33-20-11-8-12-21(40-16-22(38)36-13-6-3-7-14-36)23(20)27(39)37(26)18-9-4-2-5-10-18/h2,4-5,8-12,17H,3,6-7,13-14,16H2,1H3,(H5,30,31,32,34,35)/t17-/m0/s1. The molecule has 5 rings (SSSR count). The third-order valence-electron chi connectivity index (χ3n) is 6.77. The first-order valence-electron chi connectivity index (χ1n) is 13.0. The molecule has 0 aliphatic carbocycles. The van der Waals surface area contributed by atoms with E-state index in [1.165, 1.54) is 4.57 Å². The number of ether oxygens (including phenoxy) is 1. The van der Waals surface area contributed by atoms with Crippen molar-refractivity contribution in [3.8, 4) is 17.5 Å². The molecule has 1 amide bonds. The molecule has 0 spiro atoms. The van der Waals surface area contributed by atoms with Crippen molar-refractivity contribution in [1.29, 1.82) is 5.26 Å². The van der Waals surface area contributed by atoms with Gasteiger partial charge in [-0.25, -0.2) is 4.98 Å². The Kier molecular flexibility index (Phi) is 7.46. The Labute approximate surface area is 230 Å². The lowest BCUT2D eigenvalue weighted by atomic mass is 10.1. The van der Waals surface area contributed by atoms with Crippen LogP contribution >= 0.6 is 0 Å². The fraction of sp³-hybridized carbons (Fsp3) is 0.286. The van der Waals surface area contributed by atoms with Crippen LogP contribution in [0.5, 0.6) is 5.75 Å². The molecule has 4 aromatic rings. The first-order valence-corrected chi connectivity index (χ1v) is 13.0. The van der Waals surface area contributed by atoms with Crippen molar-refractivity contribution >= 4 is 34.4 Å². The van der Waals surface area contributed by atoms with Gasteiger partial charge >= 0.3 is 0 Å². The number of nitrogens with two attached hydrogens (primary N) is 2. The van der Waals surface area contributed by atoms with Crippen molar-refractivity contribution in [3.05, 3.63) is 70.3 Å². The van der Waals surface area contributed by atoms with E-state index in [4.69, 9.17) is 21.2 Å². The molecule has 12 heteroatoms. The van der Waals surface area contributed by atoms with Crippen molar-refractivity contribution in [2.45, 2.75) is 32.2 Å². The number of benzene rings is 2. The Hall–Kier alpha value is -5.18. The molecule has 40 heavy (non-hydrogen) atoms. The second kappa shape index (κ2) is 11.3. The van der Waals surface area contributed by atoms with Crippen LogP contribution in [0.2, 0.25) is 0 Å². The summed E-state index contributed by atoms with van der Waals surface area (Å²) in [5.74, 6) is 0.489. The lowest BCUT2D eigenvalue weighted by molar-refractivity contribution is -0.134. The lowest BCUT2D eigenvalue weighted by Crippen LogP contribution is -2.38. The minimum atomic E-state index is -0.622. The largest absolute Gasteiger partial charge is 0.483 e. The lowest BCUT2D eigenvalue weighted by Gasteiger charge is -2.26. The van der Waals surface area contributed by atoms with E-state index in [1.54, 1.807) is 42.2 Å². The maximum absolute atomic E-state index is 14.1. The number of nitrogens with one attached hydrogen (secondary N) is 1. The maximum atomic E-state index is 14.1. The van der Waals surface area contributed by atoms with Crippen molar-refractivity contribution < 1.29 is 9.53 Å². The van der Waals surface area contributed by atoms with Crippen LogP contribution in [0.4, 0.5) is 17.6 Å². The Morgan fingerprint density at radius 2 is 1.82 bits per heavy atom. The molecule has 204 valence electrons. The van der Waals surface area contributed by atoms with E-state index in [9.17, 15) is 14.9 Å². The Balaban J connectivity index is 1.57. The van der Waals surface area contributed by atoms with Crippen LogP contribution in [-0.2, 0) is 4.79 Å². The summed E-state index contributed by atoms with van der Waals surface area (Å²) in [5, 5.41) is 13.0. The number of carbonyl (C=O) groups is 1. The normalized spacial score (nSPS) is 13.9. The minimum absolute atomic E-state index is 0.0320. The van der Waals surface area contributed by atoms with Crippen molar-refractivity contribution in [1.82, 2.24) is 24.4 Å². The van der Waals surface area contributed by atoms with Gasteiger partial charge in [-0.05, 0) is 50.5 Å². The number of anilines is 3. The molecule has 3 heterocycles. The summed E-state index contributed by atoms with van der Waals surface area (Å²) in [7, 11) is 0. The van der Waals surface area contributed by atoms with Gasteiger partial charge < -0.3 is 26.4 Å². The number of carbonyl (C=O) groups excluding carboxylic acids is 1. The molecule has 1 atom stereocenters. The predicted molar refractivity (Wildman–Crippen MR) is 151 cm³/mol. The van der Waals surface area contributed by atoms with Crippen LogP contribution in [0.15, 0.2) is 53.3 Å². The van der Waals surface area contributed by atoms with E-state index >= 15 is 0 Å². The highest BCUT2D eigenvalue weighted by atomic mass is 16.5. The quantitative estimate of drug-likeness (QED) is 0.316. The van der Waals surface area contributed by atoms with Crippen molar-refractivity contribution in [2.24, 2.45) is 0 Å². The first kappa shape index (κ1) is 26.4. The second-order valence-electron chi connectivity index (χ2n) is 9.49. The predicted octanol–water partition coefficient (Wildman–Crippen LogP) is 2.78. The molecule has 2 aromatic carbocycles. The zero-order valence-corrected chi connectivity index (χ0v) is 22.0. The van der Waals surface area contributed by atoms with E-state index in [0.717, 1.165) is 19.3 Å². The molecule has 1 fully saturated rings. The van der Waals surface area contributed by atoms with E-state index in [1.807, 2.05) is 24.3 Å². The van der Waals surface area contributed by atoms with Gasteiger partial charge in [0.15, 0.2) is 12.4 Å². The molecule has 1 aliphatic rings. The summed E-state index contributed by atoms with van der Waals surface area (Å²) in [4.78, 5) is 41.4. The number of fused-ring (bicyclic) bond motifs is 1. The Morgan fingerprint density at radius 1 is 1.07 bits per heavy atom. The summed E-state index contributed by atoms with van der Waals surface area (Å²) in [6.45, 7) is 3.04. The first-order chi connectivity index (χ1) is 19.4. The number of nitrogens with zero attached hydrogens (tertiary/aromatic N) is 6. The van der Waals surface area contributed by atoms with Gasteiger partial charge in [0, 0.05) is 13.1 Å². The summed E-state index contributed by atoms with van der Waals surface area (Å²) < 4.78 is 7.39. The molecule has 0 bridgehead atoms. The molecule has 0 saturated carbocycles. The molecular weight excluding hydrogens is 510 g/mol. The average Bonchev–Trinajstić information content (AvgIpc) is 2.96. The number of hydrogen-bond acceptors (Lipinski definition) is 10. The van der Waals surface area contributed by atoms with E-state index in [2.05, 4.69) is 15.3 Å². The summed E-state index contributed by atoms with van der Waals surface area (Å²) in [6.07, 6.45) is 3.07. The zero-order chi connectivity index (χ0) is 28.2. The van der Waals surface area contributed by atoms with Crippen LogP contribution in [0.3, 0.4) is 0 Å².